The Hall–Kier alpha value is -2.20. The Morgan fingerprint density at radius 3 is 2.36 bits per heavy atom. The van der Waals surface area contributed by atoms with Crippen molar-refractivity contribution in [2.45, 2.75) is 6.92 Å². The third kappa shape index (κ3) is 4.67. The molecule has 0 unspecified atom stereocenters. The Morgan fingerprint density at radius 1 is 1.09 bits per heavy atom. The van der Waals surface area contributed by atoms with E-state index in [9.17, 15) is 9.36 Å². The van der Waals surface area contributed by atoms with Crippen LogP contribution in [0.5, 0.6) is 5.75 Å². The van der Waals surface area contributed by atoms with Crippen molar-refractivity contribution in [2.75, 3.05) is 0 Å². The smallest absolute Gasteiger partial charge is 0.403 e. The number of ketones is 1. The van der Waals surface area contributed by atoms with Crippen LogP contribution in [0.15, 0.2) is 54.6 Å². The Morgan fingerprint density at radius 2 is 1.73 bits per heavy atom. The van der Waals surface area contributed by atoms with Gasteiger partial charge in [-0.05, 0) is 30.7 Å². The van der Waals surface area contributed by atoms with Crippen molar-refractivity contribution < 1.29 is 23.7 Å². The van der Waals surface area contributed by atoms with Gasteiger partial charge in [-0.3, -0.25) is 14.6 Å². The molecule has 2 aromatic carbocycles. The van der Waals surface area contributed by atoms with E-state index in [4.69, 9.17) is 9.79 Å². The van der Waals surface area contributed by atoms with Gasteiger partial charge >= 0.3 is 7.82 Å². The molecule has 0 spiro atoms. The van der Waals surface area contributed by atoms with Crippen molar-refractivity contribution in [2.24, 2.45) is 0 Å². The summed E-state index contributed by atoms with van der Waals surface area (Å²) < 4.78 is 15.5. The number of aryl methyl sites for hydroxylation is 1. The van der Waals surface area contributed by atoms with E-state index in [-0.39, 0.29) is 11.3 Å². The van der Waals surface area contributed by atoms with E-state index in [0.717, 1.165) is 11.1 Å². The minimum atomic E-state index is -4.71. The molecule has 0 saturated carbocycles. The average molecular weight is 318 g/mol. The van der Waals surface area contributed by atoms with Crippen LogP contribution in [0.4, 0.5) is 0 Å². The van der Waals surface area contributed by atoms with Gasteiger partial charge < -0.3 is 4.52 Å². The Kier molecular flexibility index (Phi) is 4.93. The molecule has 0 radical (unpaired) electrons. The highest BCUT2D eigenvalue weighted by molar-refractivity contribution is 7.46. The zero-order valence-corrected chi connectivity index (χ0v) is 12.7. The molecule has 0 aromatic heterocycles. The summed E-state index contributed by atoms with van der Waals surface area (Å²) in [4.78, 5) is 29.9. The topological polar surface area (TPSA) is 83.8 Å². The second-order valence-corrected chi connectivity index (χ2v) is 5.85. The third-order valence-electron chi connectivity index (χ3n) is 2.87. The van der Waals surface area contributed by atoms with Gasteiger partial charge in [-0.1, -0.05) is 48.0 Å². The lowest BCUT2D eigenvalue weighted by atomic mass is 10.1. The fourth-order valence-corrected chi connectivity index (χ4v) is 2.23. The molecule has 114 valence electrons. The molecule has 0 amide bonds. The zero-order valence-electron chi connectivity index (χ0n) is 11.8. The normalized spacial score (nSPS) is 11.6. The van der Waals surface area contributed by atoms with Crippen LogP contribution in [0.3, 0.4) is 0 Å². The first-order valence-corrected chi connectivity index (χ1v) is 8.01. The van der Waals surface area contributed by atoms with Gasteiger partial charge in [0.1, 0.15) is 5.75 Å². The number of hydrogen-bond acceptors (Lipinski definition) is 3. The van der Waals surface area contributed by atoms with E-state index in [1.165, 1.54) is 24.3 Å². The van der Waals surface area contributed by atoms with Gasteiger partial charge in [0.25, 0.3) is 0 Å². The Balaban J connectivity index is 2.22. The standard InChI is InChI=1S/C16H15O5P/c1-12-6-8-13(9-7-12)10-11-15(17)14-4-2-3-5-16(14)21-22(18,19)20/h2-11H,1H3,(H2,18,19,20)/b11-10+. The Labute approximate surface area is 128 Å². The highest BCUT2D eigenvalue weighted by atomic mass is 31.2. The minimum absolute atomic E-state index is 0.0918. The molecule has 22 heavy (non-hydrogen) atoms. The number of carbonyl (C=O) groups is 1. The van der Waals surface area contributed by atoms with Crippen molar-refractivity contribution in [1.29, 1.82) is 0 Å². The van der Waals surface area contributed by atoms with Crippen LogP contribution >= 0.6 is 7.82 Å². The molecule has 2 aromatic rings. The van der Waals surface area contributed by atoms with Crippen LogP contribution < -0.4 is 4.52 Å². The van der Waals surface area contributed by atoms with Crippen LogP contribution in [0, 0.1) is 6.92 Å². The SMILES string of the molecule is Cc1ccc(/C=C/C(=O)c2ccccc2OP(=O)(O)O)cc1. The molecule has 0 heterocycles. The molecule has 2 rings (SSSR count). The summed E-state index contributed by atoms with van der Waals surface area (Å²) in [5.74, 6) is -0.543. The quantitative estimate of drug-likeness (QED) is 0.502. The number of para-hydroxylation sites is 1. The maximum atomic E-state index is 12.2. The van der Waals surface area contributed by atoms with Gasteiger partial charge in [0.05, 0.1) is 5.56 Å². The van der Waals surface area contributed by atoms with E-state index in [1.54, 1.807) is 12.1 Å². The summed E-state index contributed by atoms with van der Waals surface area (Å²) in [5, 5.41) is 0. The molecule has 6 heteroatoms. The van der Waals surface area contributed by atoms with Gasteiger partial charge in [-0.25, -0.2) is 4.57 Å². The molecule has 0 aliphatic rings. The highest BCUT2D eigenvalue weighted by Crippen LogP contribution is 2.39. The largest absolute Gasteiger partial charge is 0.524 e. The van der Waals surface area contributed by atoms with Crippen molar-refractivity contribution in [3.05, 3.63) is 71.3 Å². The predicted molar refractivity (Wildman–Crippen MR) is 83.7 cm³/mol. The molecule has 0 atom stereocenters. The van der Waals surface area contributed by atoms with Crippen molar-refractivity contribution in [3.63, 3.8) is 0 Å². The van der Waals surface area contributed by atoms with E-state index < -0.39 is 13.6 Å². The summed E-state index contributed by atoms with van der Waals surface area (Å²) in [5.41, 5.74) is 2.06. The van der Waals surface area contributed by atoms with Crippen LogP contribution in [0.2, 0.25) is 0 Å². The van der Waals surface area contributed by atoms with E-state index in [2.05, 4.69) is 4.52 Å². The van der Waals surface area contributed by atoms with Gasteiger partial charge in [0, 0.05) is 0 Å². The first-order chi connectivity index (χ1) is 10.3. The predicted octanol–water partition coefficient (Wildman–Crippen LogP) is 3.36. The lowest BCUT2D eigenvalue weighted by molar-refractivity contribution is 0.104. The molecule has 0 aliphatic heterocycles. The molecule has 0 fully saturated rings. The zero-order chi connectivity index (χ0) is 16.2. The van der Waals surface area contributed by atoms with Crippen LogP contribution in [-0.4, -0.2) is 15.6 Å². The number of rotatable bonds is 5. The maximum Gasteiger partial charge on any atom is 0.524 e. The first kappa shape index (κ1) is 16.2. The number of carbonyl (C=O) groups excluding carboxylic acids is 1. The van der Waals surface area contributed by atoms with Gasteiger partial charge in [-0.15, -0.1) is 0 Å². The fraction of sp³-hybridized carbons (Fsp3) is 0.0625. The third-order valence-corrected chi connectivity index (χ3v) is 3.31. The van der Waals surface area contributed by atoms with Crippen LogP contribution in [0.25, 0.3) is 6.08 Å². The van der Waals surface area contributed by atoms with Gasteiger partial charge in [-0.2, -0.15) is 0 Å². The molecule has 2 N–H and O–H groups in total. The first-order valence-electron chi connectivity index (χ1n) is 6.48. The fourth-order valence-electron chi connectivity index (χ4n) is 1.82. The van der Waals surface area contributed by atoms with E-state index in [0.29, 0.717) is 0 Å². The lowest BCUT2D eigenvalue weighted by Gasteiger charge is -2.09. The summed E-state index contributed by atoms with van der Waals surface area (Å²) >= 11 is 0. The van der Waals surface area contributed by atoms with E-state index in [1.807, 2.05) is 31.2 Å². The number of benzene rings is 2. The molecular weight excluding hydrogens is 303 g/mol. The Bertz CT molecular complexity index is 743. The summed E-state index contributed by atoms with van der Waals surface area (Å²) in [6, 6.07) is 13.5. The summed E-state index contributed by atoms with van der Waals surface area (Å²) in [6.07, 6.45) is 2.97. The highest BCUT2D eigenvalue weighted by Gasteiger charge is 2.19. The average Bonchev–Trinajstić information content (AvgIpc) is 2.45. The second kappa shape index (κ2) is 6.71. The monoisotopic (exact) mass is 318 g/mol. The van der Waals surface area contributed by atoms with Crippen molar-refractivity contribution >= 4 is 19.7 Å². The number of allylic oxidation sites excluding steroid dienone is 1. The summed E-state index contributed by atoms with van der Waals surface area (Å²) in [7, 11) is -4.71. The van der Waals surface area contributed by atoms with Crippen molar-refractivity contribution in [1.82, 2.24) is 0 Å². The molecule has 0 saturated heterocycles. The maximum absolute atomic E-state index is 12.2. The molecular formula is C16H15O5P. The van der Waals surface area contributed by atoms with Crippen molar-refractivity contribution in [3.8, 4) is 5.75 Å². The van der Waals surface area contributed by atoms with Crippen LogP contribution in [-0.2, 0) is 4.57 Å². The van der Waals surface area contributed by atoms with Crippen LogP contribution in [0.1, 0.15) is 21.5 Å². The number of phosphoric ester groups is 1. The van der Waals surface area contributed by atoms with Gasteiger partial charge in [0.15, 0.2) is 5.78 Å². The van der Waals surface area contributed by atoms with E-state index >= 15 is 0 Å². The summed E-state index contributed by atoms with van der Waals surface area (Å²) in [6.45, 7) is 1.97. The molecule has 0 aliphatic carbocycles. The number of hydrogen-bond donors (Lipinski definition) is 2. The lowest BCUT2D eigenvalue weighted by Crippen LogP contribution is -2.00. The number of phosphoric acid groups is 1. The minimum Gasteiger partial charge on any atom is -0.403 e. The molecule has 5 nitrogen and oxygen atoms in total. The molecule has 0 bridgehead atoms. The second-order valence-electron chi connectivity index (χ2n) is 4.69. The van der Waals surface area contributed by atoms with Gasteiger partial charge in [0.2, 0.25) is 0 Å².